The molecule has 0 bridgehead atoms. The van der Waals surface area contributed by atoms with Crippen LogP contribution in [0, 0.1) is 12.8 Å². The number of nitrogens with zero attached hydrogens (tertiary/aromatic N) is 4. The monoisotopic (exact) mass is 410 g/mol. The van der Waals surface area contributed by atoms with Crippen LogP contribution in [0.1, 0.15) is 33.9 Å². The van der Waals surface area contributed by atoms with Gasteiger partial charge >= 0.3 is 0 Å². The molecule has 0 amide bonds. The minimum Gasteiger partial charge on any atom is -0.497 e. The molecule has 2 aromatic carbocycles. The van der Waals surface area contributed by atoms with E-state index in [9.17, 15) is 4.79 Å². The maximum absolute atomic E-state index is 12.8. The first-order chi connectivity index (χ1) is 15.1. The van der Waals surface area contributed by atoms with Gasteiger partial charge in [-0.15, -0.1) is 10.2 Å². The number of hydrogen-bond acceptors (Lipinski definition) is 5. The van der Waals surface area contributed by atoms with E-state index >= 15 is 0 Å². The van der Waals surface area contributed by atoms with E-state index < -0.39 is 0 Å². The van der Waals surface area contributed by atoms with Crippen molar-refractivity contribution in [2.75, 3.05) is 7.11 Å². The molecular weight excluding hydrogens is 388 g/mol. The molecule has 0 radical (unpaired) electrons. The van der Waals surface area contributed by atoms with E-state index in [-0.39, 0.29) is 11.7 Å². The molecule has 0 spiro atoms. The lowest BCUT2D eigenvalue weighted by atomic mass is 9.88. The number of carbonyl (C=O) groups excluding carboxylic acids is 1. The van der Waals surface area contributed by atoms with Crippen LogP contribution in [-0.4, -0.2) is 32.7 Å². The molecule has 6 nitrogen and oxygen atoms in total. The third-order valence-electron chi connectivity index (χ3n) is 5.72. The molecule has 6 heteroatoms. The zero-order chi connectivity index (χ0) is 21.4. The Morgan fingerprint density at radius 1 is 1.03 bits per heavy atom. The third kappa shape index (κ3) is 3.50. The molecule has 0 unspecified atom stereocenters. The molecule has 154 valence electrons. The van der Waals surface area contributed by atoms with Gasteiger partial charge in [0.25, 0.3) is 0 Å². The number of carbonyl (C=O) groups is 1. The Bertz CT molecular complexity index is 1290. The van der Waals surface area contributed by atoms with Crippen LogP contribution in [0.25, 0.3) is 22.9 Å². The van der Waals surface area contributed by atoms with Gasteiger partial charge in [-0.25, -0.2) is 4.52 Å². The highest BCUT2D eigenvalue weighted by Gasteiger charge is 2.29. The van der Waals surface area contributed by atoms with Crippen molar-refractivity contribution in [2.45, 2.75) is 19.8 Å². The Morgan fingerprint density at radius 2 is 1.81 bits per heavy atom. The van der Waals surface area contributed by atoms with Crippen molar-refractivity contribution in [1.29, 1.82) is 0 Å². The fourth-order valence-corrected chi connectivity index (χ4v) is 4.15. The molecule has 1 aliphatic carbocycles. The second-order valence-electron chi connectivity index (χ2n) is 7.78. The summed E-state index contributed by atoms with van der Waals surface area (Å²) in [4.78, 5) is 12.8. The zero-order valence-corrected chi connectivity index (χ0v) is 17.4. The summed E-state index contributed by atoms with van der Waals surface area (Å²) in [6.07, 6.45) is 5.32. The Kier molecular flexibility index (Phi) is 4.82. The number of methoxy groups -OCH3 is 1. The van der Waals surface area contributed by atoms with E-state index in [4.69, 9.17) is 9.84 Å². The Morgan fingerprint density at radius 3 is 2.55 bits per heavy atom. The number of benzene rings is 2. The van der Waals surface area contributed by atoms with Crippen molar-refractivity contribution in [1.82, 2.24) is 19.8 Å². The molecule has 0 saturated carbocycles. The second-order valence-corrected chi connectivity index (χ2v) is 7.78. The van der Waals surface area contributed by atoms with E-state index in [1.165, 1.54) is 0 Å². The zero-order valence-electron chi connectivity index (χ0n) is 17.4. The number of fused-ring (bicyclic) bond motifs is 3. The molecule has 1 aliphatic rings. The highest BCUT2D eigenvalue weighted by atomic mass is 16.5. The smallest absolute Gasteiger partial charge is 0.185 e. The van der Waals surface area contributed by atoms with Crippen molar-refractivity contribution in [2.24, 2.45) is 5.92 Å². The van der Waals surface area contributed by atoms with Crippen molar-refractivity contribution in [3.05, 3.63) is 83.3 Å². The molecule has 1 atom stereocenters. The summed E-state index contributed by atoms with van der Waals surface area (Å²) in [5.41, 5.74) is 5.81. The number of aryl methyl sites for hydroxylation is 1. The summed E-state index contributed by atoms with van der Waals surface area (Å²) in [6, 6.07) is 17.9. The predicted octanol–water partition coefficient (Wildman–Crippen LogP) is 4.57. The van der Waals surface area contributed by atoms with Gasteiger partial charge in [-0.3, -0.25) is 4.79 Å². The number of rotatable bonds is 4. The van der Waals surface area contributed by atoms with Crippen LogP contribution < -0.4 is 4.74 Å². The summed E-state index contributed by atoms with van der Waals surface area (Å²) >= 11 is 0. The van der Waals surface area contributed by atoms with Crippen LogP contribution in [0.5, 0.6) is 5.75 Å². The van der Waals surface area contributed by atoms with Gasteiger partial charge in [0, 0.05) is 6.42 Å². The van der Waals surface area contributed by atoms with E-state index in [1.807, 2.05) is 49.4 Å². The molecule has 2 heterocycles. The van der Waals surface area contributed by atoms with Gasteiger partial charge in [0.1, 0.15) is 5.75 Å². The molecule has 0 N–H and O–H groups in total. The number of aromatic nitrogens is 4. The van der Waals surface area contributed by atoms with Crippen molar-refractivity contribution in [3.8, 4) is 16.9 Å². The molecular formula is C25H22N4O2. The van der Waals surface area contributed by atoms with Crippen molar-refractivity contribution in [3.63, 3.8) is 0 Å². The first-order valence-electron chi connectivity index (χ1n) is 10.3. The summed E-state index contributed by atoms with van der Waals surface area (Å²) in [5, 5.41) is 13.4. The first kappa shape index (κ1) is 19.2. The highest BCUT2D eigenvalue weighted by Crippen LogP contribution is 2.32. The number of ether oxygens (including phenoxy) is 1. The van der Waals surface area contributed by atoms with Crippen LogP contribution in [0.3, 0.4) is 0 Å². The Labute approximate surface area is 180 Å². The summed E-state index contributed by atoms with van der Waals surface area (Å²) in [7, 11) is 1.65. The van der Waals surface area contributed by atoms with E-state index in [0.717, 1.165) is 33.8 Å². The molecule has 5 rings (SSSR count). The lowest BCUT2D eigenvalue weighted by molar-refractivity contribution is 0.0950. The summed E-state index contributed by atoms with van der Waals surface area (Å²) in [6.45, 7) is 1.96. The van der Waals surface area contributed by atoms with Crippen molar-refractivity contribution < 1.29 is 9.53 Å². The molecule has 0 fully saturated rings. The largest absolute Gasteiger partial charge is 0.497 e. The van der Waals surface area contributed by atoms with Gasteiger partial charge in [0.15, 0.2) is 17.1 Å². The lowest BCUT2D eigenvalue weighted by Crippen LogP contribution is -2.24. The normalized spacial score (nSPS) is 16.1. The minimum absolute atomic E-state index is 0.0116. The summed E-state index contributed by atoms with van der Waals surface area (Å²) < 4.78 is 7.07. The topological polar surface area (TPSA) is 69.4 Å². The first-order valence-corrected chi connectivity index (χ1v) is 10.3. The average molecular weight is 410 g/mol. The van der Waals surface area contributed by atoms with Gasteiger partial charge in [-0.2, -0.15) is 5.10 Å². The van der Waals surface area contributed by atoms with Gasteiger partial charge in [-0.1, -0.05) is 54.6 Å². The quantitative estimate of drug-likeness (QED) is 0.493. The number of Topliss-reactive ketones (excluding diaryl/α,β-unsaturated/α-hetero) is 1. The number of hydrogen-bond donors (Lipinski definition) is 0. The second kappa shape index (κ2) is 7.80. The van der Waals surface area contributed by atoms with Gasteiger partial charge in [0.2, 0.25) is 0 Å². The van der Waals surface area contributed by atoms with Gasteiger partial charge in [0.05, 0.1) is 24.1 Å². The van der Waals surface area contributed by atoms with Gasteiger partial charge in [-0.05, 0) is 42.5 Å². The predicted molar refractivity (Wildman–Crippen MR) is 119 cm³/mol. The molecule has 0 saturated heterocycles. The van der Waals surface area contributed by atoms with Crippen molar-refractivity contribution >= 4 is 17.5 Å². The maximum atomic E-state index is 12.8. The number of ketones is 1. The fraction of sp³-hybridized carbons (Fsp3) is 0.200. The van der Waals surface area contributed by atoms with Crippen LogP contribution in [0.15, 0.2) is 60.7 Å². The SMILES string of the molecule is COc1ccc(-c2c(C)nn3c4c(nnc23)C(=O)C[C@H](/C=C/c2ccccc2)C4)cc1. The lowest BCUT2D eigenvalue weighted by Gasteiger charge is -2.20. The van der Waals surface area contributed by atoms with Crippen LogP contribution in [0.2, 0.25) is 0 Å². The standard InChI is InChI=1S/C25H22N4O2/c1-16-23(19-10-12-20(31-2)13-11-19)25-27-26-24-21(29(25)28-16)14-18(15-22(24)30)9-8-17-6-4-3-5-7-17/h3-13,18H,14-15H2,1-2H3/b9-8+/t18-/m1/s1. The van der Waals surface area contributed by atoms with E-state index in [2.05, 4.69) is 34.5 Å². The van der Waals surface area contributed by atoms with E-state index in [1.54, 1.807) is 11.6 Å². The molecule has 4 aromatic rings. The summed E-state index contributed by atoms with van der Waals surface area (Å²) in [5.74, 6) is 0.902. The molecule has 2 aromatic heterocycles. The molecule has 0 aliphatic heterocycles. The Balaban J connectivity index is 1.55. The number of allylic oxidation sites excluding steroid dienone is 1. The van der Waals surface area contributed by atoms with Crippen LogP contribution >= 0.6 is 0 Å². The van der Waals surface area contributed by atoms with Gasteiger partial charge < -0.3 is 4.74 Å². The van der Waals surface area contributed by atoms with Crippen LogP contribution in [-0.2, 0) is 6.42 Å². The van der Waals surface area contributed by atoms with E-state index in [0.29, 0.717) is 24.2 Å². The Hall–Kier alpha value is -3.80. The molecule has 31 heavy (non-hydrogen) atoms. The van der Waals surface area contributed by atoms with Crippen LogP contribution in [0.4, 0.5) is 0 Å². The highest BCUT2D eigenvalue weighted by molar-refractivity contribution is 5.97. The maximum Gasteiger partial charge on any atom is 0.185 e. The average Bonchev–Trinajstić information content (AvgIpc) is 3.15. The fourth-order valence-electron chi connectivity index (χ4n) is 4.15. The third-order valence-corrected chi connectivity index (χ3v) is 5.72. The minimum atomic E-state index is 0.0116.